The third-order valence-electron chi connectivity index (χ3n) is 3.33. The van der Waals surface area contributed by atoms with Crippen molar-refractivity contribution in [2.75, 3.05) is 5.32 Å². The molecule has 0 fully saturated rings. The van der Waals surface area contributed by atoms with E-state index in [0.29, 0.717) is 5.15 Å². The summed E-state index contributed by atoms with van der Waals surface area (Å²) in [5, 5.41) is 4.90. The summed E-state index contributed by atoms with van der Waals surface area (Å²) in [5.41, 5.74) is 2.65. The number of nitrogens with zero attached hydrogens (tertiary/aromatic N) is 3. The van der Waals surface area contributed by atoms with Gasteiger partial charge in [0, 0.05) is 23.6 Å². The number of hydrogen-bond donors (Lipinski definition) is 1. The number of fused-ring (bicyclic) bond motifs is 1. The van der Waals surface area contributed by atoms with Crippen molar-refractivity contribution in [3.63, 3.8) is 0 Å². The van der Waals surface area contributed by atoms with Gasteiger partial charge in [-0.25, -0.2) is 9.97 Å². The molecule has 1 N–H and O–H groups in total. The van der Waals surface area contributed by atoms with E-state index in [1.54, 1.807) is 6.20 Å². The molecule has 2 aromatic heterocycles. The van der Waals surface area contributed by atoms with Gasteiger partial charge in [-0.1, -0.05) is 36.7 Å². The zero-order valence-corrected chi connectivity index (χ0v) is 12.6. The van der Waals surface area contributed by atoms with E-state index in [9.17, 15) is 0 Å². The zero-order valence-electron chi connectivity index (χ0n) is 11.9. The minimum atomic E-state index is 0.484. The van der Waals surface area contributed by atoms with Crippen LogP contribution in [0.25, 0.3) is 10.9 Å². The lowest BCUT2D eigenvalue weighted by molar-refractivity contribution is 0.934. The summed E-state index contributed by atoms with van der Waals surface area (Å²) < 4.78 is 0. The Kier molecular flexibility index (Phi) is 3.71. The van der Waals surface area contributed by atoms with Crippen molar-refractivity contribution < 1.29 is 0 Å². The molecule has 3 rings (SSSR count). The van der Waals surface area contributed by atoms with Crippen LogP contribution in [0, 0.1) is 6.92 Å². The lowest BCUT2D eigenvalue weighted by Gasteiger charge is -2.12. The first-order chi connectivity index (χ1) is 10.2. The first-order valence-corrected chi connectivity index (χ1v) is 7.20. The normalized spacial score (nSPS) is 10.8. The fraction of sp³-hybridized carbons (Fsp3) is 0.188. The summed E-state index contributed by atoms with van der Waals surface area (Å²) >= 11 is 6.18. The summed E-state index contributed by atoms with van der Waals surface area (Å²) in [6.45, 7) is 3.91. The molecule has 4 nitrogen and oxygen atoms in total. The van der Waals surface area contributed by atoms with Gasteiger partial charge in [0.1, 0.15) is 16.8 Å². The van der Waals surface area contributed by atoms with Gasteiger partial charge in [0.2, 0.25) is 0 Å². The number of aryl methyl sites for hydroxylation is 1. The Balaban J connectivity index is 2.09. The van der Waals surface area contributed by atoms with Gasteiger partial charge in [-0.2, -0.15) is 0 Å². The van der Waals surface area contributed by atoms with Gasteiger partial charge >= 0.3 is 0 Å². The average Bonchev–Trinajstić information content (AvgIpc) is 2.52. The van der Waals surface area contributed by atoms with Crippen molar-refractivity contribution in [2.24, 2.45) is 0 Å². The van der Waals surface area contributed by atoms with E-state index in [2.05, 4.69) is 20.3 Å². The van der Waals surface area contributed by atoms with Crippen LogP contribution in [0.1, 0.15) is 18.3 Å². The number of benzene rings is 1. The van der Waals surface area contributed by atoms with Crippen LogP contribution < -0.4 is 5.32 Å². The van der Waals surface area contributed by atoms with Crippen LogP contribution in [0.5, 0.6) is 0 Å². The summed E-state index contributed by atoms with van der Waals surface area (Å²) in [5.74, 6) is 1.45. The predicted octanol–water partition coefficient (Wildman–Crippen LogP) is 4.29. The third kappa shape index (κ3) is 2.67. The number of nitrogens with one attached hydrogen (secondary N) is 1. The lowest BCUT2D eigenvalue weighted by Crippen LogP contribution is -2.03. The molecule has 106 valence electrons. The average molecular weight is 299 g/mol. The minimum Gasteiger partial charge on any atom is -0.338 e. The van der Waals surface area contributed by atoms with E-state index in [-0.39, 0.29) is 0 Å². The Bertz CT molecular complexity index is 796. The summed E-state index contributed by atoms with van der Waals surface area (Å²) in [6.07, 6.45) is 2.52. The largest absolute Gasteiger partial charge is 0.338 e. The number of para-hydroxylation sites is 1. The van der Waals surface area contributed by atoms with Crippen molar-refractivity contribution >= 4 is 34.0 Å². The van der Waals surface area contributed by atoms with Crippen LogP contribution in [-0.4, -0.2) is 15.0 Å². The van der Waals surface area contributed by atoms with Crippen molar-refractivity contribution in [3.05, 3.63) is 53.1 Å². The molecule has 0 aliphatic heterocycles. The number of halogens is 1. The van der Waals surface area contributed by atoms with Crippen LogP contribution in [-0.2, 0) is 6.42 Å². The monoisotopic (exact) mass is 298 g/mol. The van der Waals surface area contributed by atoms with Gasteiger partial charge < -0.3 is 5.32 Å². The van der Waals surface area contributed by atoms with E-state index in [0.717, 1.165) is 40.2 Å². The molecule has 5 heteroatoms. The quantitative estimate of drug-likeness (QED) is 0.733. The number of pyridine rings is 1. The molecule has 2 heterocycles. The second-order valence-electron chi connectivity index (χ2n) is 4.76. The van der Waals surface area contributed by atoms with Crippen molar-refractivity contribution in [1.29, 1.82) is 0 Å². The first-order valence-electron chi connectivity index (χ1n) is 6.83. The van der Waals surface area contributed by atoms with Crippen LogP contribution in [0.2, 0.25) is 5.15 Å². The zero-order chi connectivity index (χ0) is 14.8. The Morgan fingerprint density at radius 2 is 1.95 bits per heavy atom. The maximum absolute atomic E-state index is 6.18. The second kappa shape index (κ2) is 5.66. The Labute approximate surface area is 128 Å². The molecular weight excluding hydrogens is 284 g/mol. The van der Waals surface area contributed by atoms with Gasteiger partial charge in [-0.05, 0) is 19.1 Å². The molecule has 0 saturated carbocycles. The molecule has 0 radical (unpaired) electrons. The predicted molar refractivity (Wildman–Crippen MR) is 86.2 cm³/mol. The highest BCUT2D eigenvalue weighted by Gasteiger charge is 2.10. The van der Waals surface area contributed by atoms with Crippen LogP contribution in [0.3, 0.4) is 0 Å². The number of rotatable bonds is 3. The molecule has 0 unspecified atom stereocenters. The highest BCUT2D eigenvalue weighted by Crippen LogP contribution is 2.27. The summed E-state index contributed by atoms with van der Waals surface area (Å²) in [7, 11) is 0. The van der Waals surface area contributed by atoms with Gasteiger partial charge in [0.25, 0.3) is 0 Å². The molecule has 0 bridgehead atoms. The summed E-state index contributed by atoms with van der Waals surface area (Å²) in [4.78, 5) is 13.2. The maximum Gasteiger partial charge on any atom is 0.138 e. The number of hydrogen-bond acceptors (Lipinski definition) is 4. The van der Waals surface area contributed by atoms with E-state index in [4.69, 9.17) is 11.6 Å². The van der Waals surface area contributed by atoms with E-state index >= 15 is 0 Å². The van der Waals surface area contributed by atoms with Gasteiger partial charge in [0.15, 0.2) is 0 Å². The van der Waals surface area contributed by atoms with E-state index in [1.165, 1.54) is 0 Å². The first kappa shape index (κ1) is 13.8. The standard InChI is InChI=1S/C16H15ClN4/c1-3-13-20-15(17)10(2)16(21-13)19-12-8-4-6-11-7-5-9-18-14(11)12/h4-9H,3H2,1-2H3,(H,19,20,21). The Morgan fingerprint density at radius 1 is 1.14 bits per heavy atom. The summed E-state index contributed by atoms with van der Waals surface area (Å²) in [6, 6.07) is 9.96. The van der Waals surface area contributed by atoms with E-state index < -0.39 is 0 Å². The molecule has 0 saturated heterocycles. The molecule has 1 aromatic carbocycles. The molecule has 3 aromatic rings. The molecule has 0 aliphatic rings. The van der Waals surface area contributed by atoms with Crippen LogP contribution in [0.4, 0.5) is 11.5 Å². The third-order valence-corrected chi connectivity index (χ3v) is 3.70. The SMILES string of the molecule is CCc1nc(Cl)c(C)c(Nc2cccc3cccnc23)n1. The number of aromatic nitrogens is 3. The highest BCUT2D eigenvalue weighted by molar-refractivity contribution is 6.30. The topological polar surface area (TPSA) is 50.7 Å². The molecule has 0 atom stereocenters. The van der Waals surface area contributed by atoms with Crippen LogP contribution in [0.15, 0.2) is 36.5 Å². The minimum absolute atomic E-state index is 0.484. The molecular formula is C16H15ClN4. The van der Waals surface area contributed by atoms with Gasteiger partial charge in [-0.3, -0.25) is 4.98 Å². The smallest absolute Gasteiger partial charge is 0.138 e. The van der Waals surface area contributed by atoms with Gasteiger partial charge in [-0.15, -0.1) is 0 Å². The fourth-order valence-electron chi connectivity index (χ4n) is 2.15. The molecule has 21 heavy (non-hydrogen) atoms. The molecule has 0 amide bonds. The fourth-order valence-corrected chi connectivity index (χ4v) is 2.33. The van der Waals surface area contributed by atoms with Crippen molar-refractivity contribution in [2.45, 2.75) is 20.3 Å². The van der Waals surface area contributed by atoms with E-state index in [1.807, 2.05) is 44.2 Å². The lowest BCUT2D eigenvalue weighted by atomic mass is 10.2. The van der Waals surface area contributed by atoms with Crippen molar-refractivity contribution in [1.82, 2.24) is 15.0 Å². The second-order valence-corrected chi connectivity index (χ2v) is 5.12. The molecule has 0 spiro atoms. The maximum atomic E-state index is 6.18. The van der Waals surface area contributed by atoms with Gasteiger partial charge in [0.05, 0.1) is 11.2 Å². The van der Waals surface area contributed by atoms with Crippen LogP contribution >= 0.6 is 11.6 Å². The molecule has 0 aliphatic carbocycles. The highest BCUT2D eigenvalue weighted by atomic mass is 35.5. The number of anilines is 2. The Morgan fingerprint density at radius 3 is 2.76 bits per heavy atom. The van der Waals surface area contributed by atoms with Crippen molar-refractivity contribution in [3.8, 4) is 0 Å². The Hall–Kier alpha value is -2.20.